The minimum absolute atomic E-state index is 0.0524. The maximum absolute atomic E-state index is 14.0. The average Bonchev–Trinajstić information content (AvgIpc) is 3.82. The van der Waals surface area contributed by atoms with Crippen LogP contribution in [0.4, 0.5) is 0 Å². The highest BCUT2D eigenvalue weighted by molar-refractivity contribution is 7.98. The van der Waals surface area contributed by atoms with Gasteiger partial charge in [0.05, 0.1) is 11.1 Å². The number of aryl methyl sites for hydroxylation is 2. The number of piperidine rings is 2. The summed E-state index contributed by atoms with van der Waals surface area (Å²) in [6, 6.07) is 8.75. The number of carbonyl (C=O) groups is 3. The molecule has 1 aromatic carbocycles. The SMILES string of the molecule is CSCCC(NC(=O)C1CCN(CCc2c(-c3cc(C)cc(C)c3)[nH]c3sc(C(C)(C)C(=O)C4C5CCC4NC5)cc23)CC1)C(N)=O. The van der Waals surface area contributed by atoms with Gasteiger partial charge in [0.1, 0.15) is 16.7 Å². The maximum atomic E-state index is 14.0. The van der Waals surface area contributed by atoms with E-state index in [0.29, 0.717) is 24.2 Å². The van der Waals surface area contributed by atoms with Crippen molar-refractivity contribution >= 4 is 50.9 Å². The minimum Gasteiger partial charge on any atom is -0.368 e. The molecule has 2 saturated heterocycles. The number of hydrogen-bond acceptors (Lipinski definition) is 7. The number of aromatic amines is 1. The van der Waals surface area contributed by atoms with Crippen LogP contribution in [0.15, 0.2) is 24.3 Å². The van der Waals surface area contributed by atoms with E-state index in [1.54, 1.807) is 23.1 Å². The first-order valence-electron chi connectivity index (χ1n) is 17.3. The number of ketones is 1. The van der Waals surface area contributed by atoms with Gasteiger partial charge in [0.25, 0.3) is 0 Å². The van der Waals surface area contributed by atoms with E-state index in [1.165, 1.54) is 33.3 Å². The lowest BCUT2D eigenvalue weighted by molar-refractivity contribution is -0.131. The second kappa shape index (κ2) is 14.1. The molecule has 3 fully saturated rings. The van der Waals surface area contributed by atoms with Crippen molar-refractivity contribution in [3.63, 3.8) is 0 Å². The molecule has 0 spiro atoms. The van der Waals surface area contributed by atoms with Crippen molar-refractivity contribution in [2.75, 3.05) is 38.2 Å². The van der Waals surface area contributed by atoms with Crippen LogP contribution in [-0.4, -0.2) is 77.8 Å². The number of rotatable bonds is 13. The molecule has 5 N–H and O–H groups in total. The second-order valence-corrected chi connectivity index (χ2v) is 16.7. The fourth-order valence-electron chi connectivity index (χ4n) is 8.24. The maximum Gasteiger partial charge on any atom is 0.240 e. The van der Waals surface area contributed by atoms with Crippen LogP contribution in [0, 0.1) is 31.6 Å². The molecule has 3 aliphatic rings. The summed E-state index contributed by atoms with van der Waals surface area (Å²) in [5.41, 5.74) is 11.2. The molecule has 2 amide bonds. The zero-order valence-electron chi connectivity index (χ0n) is 28.5. The number of nitrogens with zero attached hydrogens (tertiary/aromatic N) is 1. The fourth-order valence-corrected chi connectivity index (χ4v) is 9.91. The molecular weight excluding hydrogens is 627 g/mol. The molecule has 47 heavy (non-hydrogen) atoms. The van der Waals surface area contributed by atoms with Crippen LogP contribution in [0.1, 0.15) is 67.5 Å². The van der Waals surface area contributed by atoms with Crippen LogP contribution in [0.25, 0.3) is 21.5 Å². The Kier molecular flexibility index (Phi) is 10.2. The molecule has 1 saturated carbocycles. The first-order chi connectivity index (χ1) is 22.5. The van der Waals surface area contributed by atoms with Crippen molar-refractivity contribution in [2.24, 2.45) is 23.5 Å². The number of likely N-dealkylation sites (tertiary alicyclic amines) is 1. The van der Waals surface area contributed by atoms with Gasteiger partial charge >= 0.3 is 0 Å². The Labute approximate surface area is 287 Å². The fraction of sp³-hybridized carbons (Fsp3) is 0.595. The Morgan fingerprint density at radius 3 is 2.40 bits per heavy atom. The van der Waals surface area contributed by atoms with Crippen molar-refractivity contribution in [3.05, 3.63) is 45.8 Å². The Hall–Kier alpha value is -2.66. The largest absolute Gasteiger partial charge is 0.368 e. The molecule has 4 heterocycles. The highest BCUT2D eigenvalue weighted by Crippen LogP contribution is 2.45. The van der Waals surface area contributed by atoms with Gasteiger partial charge in [0.2, 0.25) is 11.8 Å². The number of benzene rings is 1. The van der Waals surface area contributed by atoms with Crippen molar-refractivity contribution in [1.29, 1.82) is 0 Å². The quantitative estimate of drug-likeness (QED) is 0.194. The minimum atomic E-state index is -0.603. The summed E-state index contributed by atoms with van der Waals surface area (Å²) < 4.78 is 0. The van der Waals surface area contributed by atoms with E-state index in [-0.39, 0.29) is 17.7 Å². The number of fused-ring (bicyclic) bond motifs is 3. The lowest BCUT2D eigenvalue weighted by Gasteiger charge is -2.32. The smallest absolute Gasteiger partial charge is 0.240 e. The Balaban J connectivity index is 1.19. The summed E-state index contributed by atoms with van der Waals surface area (Å²) in [5.74, 6) is 1.14. The number of H-pyrrole nitrogens is 1. The molecule has 4 atom stereocenters. The molecule has 2 bridgehead atoms. The number of thioether (sulfide) groups is 1. The molecule has 3 aromatic rings. The van der Waals surface area contributed by atoms with E-state index in [4.69, 9.17) is 5.73 Å². The van der Waals surface area contributed by atoms with Gasteiger partial charge in [0.15, 0.2) is 0 Å². The zero-order valence-corrected chi connectivity index (χ0v) is 30.2. The third kappa shape index (κ3) is 7.07. The van der Waals surface area contributed by atoms with Gasteiger partial charge in [-0.3, -0.25) is 14.4 Å². The lowest BCUT2D eigenvalue weighted by Crippen LogP contribution is -2.49. The number of thiophene rings is 1. The predicted octanol–water partition coefficient (Wildman–Crippen LogP) is 5.34. The summed E-state index contributed by atoms with van der Waals surface area (Å²) in [4.78, 5) is 47.4. The number of primary amides is 1. The van der Waals surface area contributed by atoms with Gasteiger partial charge in [-0.05, 0) is 133 Å². The molecule has 10 heteroatoms. The first kappa shape index (κ1) is 34.2. The topological polar surface area (TPSA) is 120 Å². The third-order valence-electron chi connectivity index (χ3n) is 11.0. The summed E-state index contributed by atoms with van der Waals surface area (Å²) in [5, 5.41) is 7.73. The van der Waals surface area contributed by atoms with Crippen molar-refractivity contribution < 1.29 is 14.4 Å². The van der Waals surface area contributed by atoms with Crippen molar-refractivity contribution in [2.45, 2.75) is 83.7 Å². The van der Waals surface area contributed by atoms with Gasteiger partial charge < -0.3 is 26.3 Å². The third-order valence-corrected chi connectivity index (χ3v) is 13.0. The highest BCUT2D eigenvalue weighted by Gasteiger charge is 2.50. The van der Waals surface area contributed by atoms with Gasteiger partial charge in [-0.2, -0.15) is 11.8 Å². The van der Waals surface area contributed by atoms with Gasteiger partial charge in [0, 0.05) is 34.7 Å². The van der Waals surface area contributed by atoms with E-state index < -0.39 is 17.4 Å². The molecule has 8 nitrogen and oxygen atoms in total. The van der Waals surface area contributed by atoms with E-state index in [9.17, 15) is 14.4 Å². The zero-order chi connectivity index (χ0) is 33.5. The molecule has 4 unspecified atom stereocenters. The summed E-state index contributed by atoms with van der Waals surface area (Å²) in [6.07, 6.45) is 7.22. The van der Waals surface area contributed by atoms with E-state index in [0.717, 1.165) is 73.7 Å². The van der Waals surface area contributed by atoms with Crippen LogP contribution in [0.3, 0.4) is 0 Å². The van der Waals surface area contributed by atoms with E-state index in [1.807, 2.05) is 6.26 Å². The van der Waals surface area contributed by atoms with Crippen LogP contribution in [0.2, 0.25) is 0 Å². The number of amides is 2. The summed E-state index contributed by atoms with van der Waals surface area (Å²) in [7, 11) is 0. The van der Waals surface area contributed by atoms with Crippen LogP contribution >= 0.6 is 23.1 Å². The number of nitrogens with one attached hydrogen (secondary N) is 3. The Morgan fingerprint density at radius 1 is 1.09 bits per heavy atom. The average molecular weight is 678 g/mol. The lowest BCUT2D eigenvalue weighted by atomic mass is 9.76. The van der Waals surface area contributed by atoms with E-state index >= 15 is 0 Å². The van der Waals surface area contributed by atoms with Gasteiger partial charge in [-0.15, -0.1) is 11.3 Å². The molecule has 2 aliphatic heterocycles. The molecule has 0 radical (unpaired) electrons. The molecule has 6 rings (SSSR count). The van der Waals surface area contributed by atoms with Crippen LogP contribution < -0.4 is 16.4 Å². The number of Topliss-reactive ketones (excluding diaryl/α,β-unsaturated/α-hetero) is 1. The number of carbonyl (C=O) groups excluding carboxylic acids is 3. The van der Waals surface area contributed by atoms with Crippen molar-refractivity contribution in [3.8, 4) is 11.3 Å². The Morgan fingerprint density at radius 2 is 1.81 bits per heavy atom. The second-order valence-electron chi connectivity index (χ2n) is 14.7. The first-order valence-corrected chi connectivity index (χ1v) is 19.5. The highest BCUT2D eigenvalue weighted by atomic mass is 32.2. The van der Waals surface area contributed by atoms with Crippen LogP contribution in [-0.2, 0) is 26.2 Å². The number of hydrogen-bond donors (Lipinski definition) is 4. The van der Waals surface area contributed by atoms with E-state index in [2.05, 4.69) is 72.5 Å². The Bertz CT molecular complexity index is 1600. The monoisotopic (exact) mass is 677 g/mol. The predicted molar refractivity (Wildman–Crippen MR) is 194 cm³/mol. The van der Waals surface area contributed by atoms with Crippen molar-refractivity contribution in [1.82, 2.24) is 20.5 Å². The summed E-state index contributed by atoms with van der Waals surface area (Å²) in [6.45, 7) is 12.1. The normalized spacial score (nSPS) is 22.6. The van der Waals surface area contributed by atoms with Gasteiger partial charge in [-0.1, -0.05) is 17.2 Å². The molecule has 254 valence electrons. The molecule has 2 aromatic heterocycles. The number of nitrogens with two attached hydrogens (primary N) is 1. The number of aromatic nitrogens is 1. The van der Waals surface area contributed by atoms with Gasteiger partial charge in [-0.25, -0.2) is 0 Å². The molecular formula is C37H51N5O3S2. The van der Waals surface area contributed by atoms with Crippen LogP contribution in [0.5, 0.6) is 0 Å². The standard InChI is InChI=1S/C37H51N5O3S2/c1-21-16-22(2)18-25(17-21)32-26(10-14-42-12-8-23(9-13-42)35(45)40-29(34(38)44)11-15-46-5)27-19-30(47-36(27)41-32)37(3,4)33(43)31-24-6-7-28(31)39-20-24/h16-19,23-24,28-29,31,39,41H,6-15,20H2,1-5H3,(H2,38,44)(H,40,45). The molecule has 1 aliphatic carbocycles. The summed E-state index contributed by atoms with van der Waals surface area (Å²) >= 11 is 3.38.